The van der Waals surface area contributed by atoms with E-state index in [2.05, 4.69) is 6.07 Å². The summed E-state index contributed by atoms with van der Waals surface area (Å²) in [5.41, 5.74) is 1.24. The van der Waals surface area contributed by atoms with Gasteiger partial charge in [0.25, 0.3) is 5.69 Å². The lowest BCUT2D eigenvalue weighted by Gasteiger charge is -1.94. The SMILES string of the molecule is O=[N+]([O-])c1[c]cc(C2CC2)cc1. The maximum atomic E-state index is 10.3. The van der Waals surface area contributed by atoms with E-state index in [9.17, 15) is 10.1 Å². The van der Waals surface area contributed by atoms with Gasteiger partial charge in [-0.15, -0.1) is 0 Å². The summed E-state index contributed by atoms with van der Waals surface area (Å²) in [6.45, 7) is 0. The number of rotatable bonds is 2. The molecule has 0 bridgehead atoms. The third kappa shape index (κ3) is 1.30. The summed E-state index contributed by atoms with van der Waals surface area (Å²) in [6.07, 6.45) is 2.43. The maximum absolute atomic E-state index is 10.3. The quantitative estimate of drug-likeness (QED) is 0.494. The van der Waals surface area contributed by atoms with Crippen LogP contribution in [-0.4, -0.2) is 4.92 Å². The van der Waals surface area contributed by atoms with Crippen LogP contribution in [0.15, 0.2) is 18.2 Å². The van der Waals surface area contributed by atoms with Crippen LogP contribution in [0.3, 0.4) is 0 Å². The van der Waals surface area contributed by atoms with E-state index < -0.39 is 4.92 Å². The van der Waals surface area contributed by atoms with E-state index in [1.165, 1.54) is 24.5 Å². The van der Waals surface area contributed by atoms with Crippen LogP contribution in [0.2, 0.25) is 0 Å². The van der Waals surface area contributed by atoms with Crippen molar-refractivity contribution in [2.75, 3.05) is 0 Å². The van der Waals surface area contributed by atoms with Crippen LogP contribution in [0.25, 0.3) is 0 Å². The summed E-state index contributed by atoms with van der Waals surface area (Å²) in [5.74, 6) is 0.641. The molecule has 0 spiro atoms. The highest BCUT2D eigenvalue weighted by Crippen LogP contribution is 2.40. The Morgan fingerprint density at radius 2 is 2.25 bits per heavy atom. The van der Waals surface area contributed by atoms with Gasteiger partial charge in [0.1, 0.15) is 0 Å². The molecule has 1 aromatic carbocycles. The predicted octanol–water partition coefficient (Wildman–Crippen LogP) is 2.27. The monoisotopic (exact) mass is 162 g/mol. The van der Waals surface area contributed by atoms with Crippen molar-refractivity contribution in [1.29, 1.82) is 0 Å². The van der Waals surface area contributed by atoms with E-state index in [-0.39, 0.29) is 5.69 Å². The molecule has 0 unspecified atom stereocenters. The molecule has 61 valence electrons. The fourth-order valence-corrected chi connectivity index (χ4v) is 1.21. The van der Waals surface area contributed by atoms with Gasteiger partial charge in [-0.25, -0.2) is 0 Å². The second-order valence-corrected chi connectivity index (χ2v) is 3.04. The molecule has 3 nitrogen and oxygen atoms in total. The standard InChI is InChI=1S/C9H8NO2/c11-10(12)9-5-3-8(4-6-9)7-1-2-7/h3-5,7H,1-2H2. The summed E-state index contributed by atoms with van der Waals surface area (Å²) in [5, 5.41) is 10.3. The number of nitro benzene ring substituents is 1. The van der Waals surface area contributed by atoms with Crippen molar-refractivity contribution in [2.45, 2.75) is 18.8 Å². The normalized spacial score (nSPS) is 16.0. The maximum Gasteiger partial charge on any atom is 0.277 e. The lowest BCUT2D eigenvalue weighted by atomic mass is 10.1. The van der Waals surface area contributed by atoms with Gasteiger partial charge in [0, 0.05) is 6.07 Å². The number of nitrogens with zero attached hydrogens (tertiary/aromatic N) is 1. The van der Waals surface area contributed by atoms with Crippen molar-refractivity contribution in [2.24, 2.45) is 0 Å². The van der Waals surface area contributed by atoms with Gasteiger partial charge in [0.05, 0.1) is 11.0 Å². The molecular formula is C9H8NO2. The molecular weight excluding hydrogens is 154 g/mol. The molecule has 2 rings (SSSR count). The Hall–Kier alpha value is -1.38. The van der Waals surface area contributed by atoms with Gasteiger partial charge in [-0.1, -0.05) is 6.07 Å². The van der Waals surface area contributed by atoms with Gasteiger partial charge >= 0.3 is 0 Å². The predicted molar refractivity (Wildman–Crippen MR) is 43.9 cm³/mol. The highest BCUT2D eigenvalue weighted by atomic mass is 16.6. The molecule has 3 heteroatoms. The topological polar surface area (TPSA) is 43.1 Å². The van der Waals surface area contributed by atoms with Crippen molar-refractivity contribution in [1.82, 2.24) is 0 Å². The van der Waals surface area contributed by atoms with Crippen LogP contribution < -0.4 is 0 Å². The number of hydrogen-bond donors (Lipinski definition) is 0. The second-order valence-electron chi connectivity index (χ2n) is 3.04. The van der Waals surface area contributed by atoms with E-state index in [0.717, 1.165) is 0 Å². The smallest absolute Gasteiger partial charge is 0.258 e. The van der Waals surface area contributed by atoms with Crippen molar-refractivity contribution in [3.05, 3.63) is 39.9 Å². The van der Waals surface area contributed by atoms with Crippen LogP contribution in [0.5, 0.6) is 0 Å². The number of non-ortho nitro benzene ring substituents is 1. The molecule has 1 radical (unpaired) electrons. The molecule has 0 atom stereocenters. The zero-order valence-electron chi connectivity index (χ0n) is 6.49. The first-order chi connectivity index (χ1) is 5.77. The minimum atomic E-state index is -0.420. The third-order valence-electron chi connectivity index (χ3n) is 2.07. The van der Waals surface area contributed by atoms with E-state index in [4.69, 9.17) is 0 Å². The molecule has 0 N–H and O–H groups in total. The first kappa shape index (κ1) is 7.28. The summed E-state index contributed by atoms with van der Waals surface area (Å²) < 4.78 is 0. The Morgan fingerprint density at radius 1 is 1.50 bits per heavy atom. The van der Waals surface area contributed by atoms with Crippen LogP contribution in [0.1, 0.15) is 24.3 Å². The minimum Gasteiger partial charge on any atom is -0.258 e. The molecule has 0 aromatic heterocycles. The molecule has 1 aliphatic rings. The van der Waals surface area contributed by atoms with Gasteiger partial charge in [0.15, 0.2) is 0 Å². The lowest BCUT2D eigenvalue weighted by molar-refractivity contribution is -0.385. The average Bonchev–Trinajstić information content (AvgIpc) is 2.87. The zero-order chi connectivity index (χ0) is 8.55. The lowest BCUT2D eigenvalue weighted by Crippen LogP contribution is -1.88. The van der Waals surface area contributed by atoms with E-state index in [1.807, 2.05) is 6.07 Å². The Kier molecular flexibility index (Phi) is 1.57. The van der Waals surface area contributed by atoms with E-state index in [1.54, 1.807) is 6.07 Å². The zero-order valence-corrected chi connectivity index (χ0v) is 6.49. The first-order valence-electron chi connectivity index (χ1n) is 3.93. The molecule has 1 fully saturated rings. The second kappa shape index (κ2) is 2.59. The van der Waals surface area contributed by atoms with Gasteiger partial charge in [-0.2, -0.15) is 0 Å². The van der Waals surface area contributed by atoms with E-state index in [0.29, 0.717) is 5.92 Å². The molecule has 0 amide bonds. The molecule has 1 aromatic rings. The fourth-order valence-electron chi connectivity index (χ4n) is 1.21. The summed E-state index contributed by atoms with van der Waals surface area (Å²) >= 11 is 0. The minimum absolute atomic E-state index is 0.0550. The Morgan fingerprint density at radius 3 is 2.67 bits per heavy atom. The van der Waals surface area contributed by atoms with Crippen LogP contribution in [0, 0.1) is 16.2 Å². The van der Waals surface area contributed by atoms with Crippen molar-refractivity contribution >= 4 is 5.69 Å². The largest absolute Gasteiger partial charge is 0.277 e. The van der Waals surface area contributed by atoms with Crippen molar-refractivity contribution in [3.63, 3.8) is 0 Å². The van der Waals surface area contributed by atoms with Crippen LogP contribution >= 0.6 is 0 Å². The first-order valence-corrected chi connectivity index (χ1v) is 3.93. The molecule has 1 saturated carbocycles. The van der Waals surface area contributed by atoms with Gasteiger partial charge in [0.2, 0.25) is 0 Å². The summed E-state index contributed by atoms with van der Waals surface area (Å²) in [4.78, 5) is 9.85. The third-order valence-corrected chi connectivity index (χ3v) is 2.07. The van der Waals surface area contributed by atoms with Gasteiger partial charge < -0.3 is 0 Å². The molecule has 0 aliphatic heterocycles. The van der Waals surface area contributed by atoms with E-state index >= 15 is 0 Å². The Balaban J connectivity index is 2.24. The van der Waals surface area contributed by atoms with Crippen LogP contribution in [0.4, 0.5) is 5.69 Å². The summed E-state index contributed by atoms with van der Waals surface area (Å²) in [7, 11) is 0. The molecule has 1 aliphatic carbocycles. The van der Waals surface area contributed by atoms with Gasteiger partial charge in [-0.3, -0.25) is 10.1 Å². The Bertz CT molecular complexity index is 301. The summed E-state index contributed by atoms with van der Waals surface area (Å²) in [6, 6.07) is 7.74. The van der Waals surface area contributed by atoms with Crippen molar-refractivity contribution < 1.29 is 4.92 Å². The molecule has 12 heavy (non-hydrogen) atoms. The molecule has 0 saturated heterocycles. The van der Waals surface area contributed by atoms with Crippen LogP contribution in [-0.2, 0) is 0 Å². The van der Waals surface area contributed by atoms with Crippen molar-refractivity contribution in [3.8, 4) is 0 Å². The Labute approximate surface area is 70.2 Å². The highest BCUT2D eigenvalue weighted by Gasteiger charge is 2.23. The number of nitro groups is 1. The highest BCUT2D eigenvalue weighted by molar-refractivity contribution is 5.34. The number of benzene rings is 1. The molecule has 0 heterocycles. The average molecular weight is 162 g/mol. The fraction of sp³-hybridized carbons (Fsp3) is 0.333. The van der Waals surface area contributed by atoms with Gasteiger partial charge in [-0.05, 0) is 30.4 Å². The number of hydrogen-bond acceptors (Lipinski definition) is 2.